The number of carbonyl (C=O) groups excluding carboxylic acids is 1. The number of benzene rings is 2. The monoisotopic (exact) mass is 434 g/mol. The number of nitrogens with one attached hydrogen (secondary N) is 1. The summed E-state index contributed by atoms with van der Waals surface area (Å²) in [5.41, 5.74) is 5.27. The highest BCUT2D eigenvalue weighted by atomic mass is 16.5. The molecule has 1 aliphatic rings. The summed E-state index contributed by atoms with van der Waals surface area (Å²) in [4.78, 5) is 15.5. The maximum absolute atomic E-state index is 13.2. The zero-order valence-electron chi connectivity index (χ0n) is 18.9. The van der Waals surface area contributed by atoms with Crippen molar-refractivity contribution >= 4 is 5.91 Å². The van der Waals surface area contributed by atoms with E-state index in [0.29, 0.717) is 12.2 Å². The normalized spacial score (nSPS) is 14.3. The number of carbonyl (C=O) groups is 1. The van der Waals surface area contributed by atoms with E-state index in [9.17, 15) is 4.79 Å². The van der Waals surface area contributed by atoms with Gasteiger partial charge in [-0.05, 0) is 61.4 Å². The zero-order chi connectivity index (χ0) is 22.5. The minimum Gasteiger partial charge on any atom is -0.497 e. The number of rotatable bonds is 7. The molecule has 7 heteroatoms. The zero-order valence-corrected chi connectivity index (χ0v) is 18.9. The van der Waals surface area contributed by atoms with E-state index in [1.54, 1.807) is 11.8 Å². The molecular formula is C25H30N4O3. The fourth-order valence-electron chi connectivity index (χ4n) is 3.82. The van der Waals surface area contributed by atoms with E-state index < -0.39 is 0 Å². The Labute approximate surface area is 188 Å². The van der Waals surface area contributed by atoms with E-state index in [0.717, 1.165) is 66.7 Å². The second-order valence-corrected chi connectivity index (χ2v) is 8.05. The second kappa shape index (κ2) is 9.97. The Balaban J connectivity index is 1.61. The highest BCUT2D eigenvalue weighted by Crippen LogP contribution is 2.25. The third-order valence-electron chi connectivity index (χ3n) is 5.74. The minimum absolute atomic E-state index is 0.133. The molecule has 1 fully saturated rings. The molecule has 32 heavy (non-hydrogen) atoms. The van der Waals surface area contributed by atoms with Gasteiger partial charge in [-0.1, -0.05) is 12.1 Å². The van der Waals surface area contributed by atoms with Crippen LogP contribution in [0.25, 0.3) is 16.9 Å². The smallest absolute Gasteiger partial charge is 0.270 e. The molecule has 2 heterocycles. The summed E-state index contributed by atoms with van der Waals surface area (Å²) >= 11 is 0. The molecule has 0 unspecified atom stereocenters. The van der Waals surface area contributed by atoms with Crippen LogP contribution in [-0.4, -0.2) is 67.1 Å². The molecule has 168 valence electrons. The minimum atomic E-state index is -0.133. The molecule has 7 nitrogen and oxygen atoms in total. The standard InChI is InChI=1S/C25H30N4O3/c1-18-4-5-19(2)23(16-18)29-24(25(30)26-10-11-28-12-14-32-15-13-28)17-22(27-29)20-6-8-21(31-3)9-7-20/h4-9,16-17H,10-15H2,1-3H3,(H,26,30). The molecule has 0 radical (unpaired) electrons. The van der Waals surface area contributed by atoms with Crippen molar-refractivity contribution in [3.63, 3.8) is 0 Å². The van der Waals surface area contributed by atoms with E-state index in [1.165, 1.54) is 0 Å². The third kappa shape index (κ3) is 5.00. The van der Waals surface area contributed by atoms with Crippen LogP contribution in [0.1, 0.15) is 21.6 Å². The van der Waals surface area contributed by atoms with Crippen LogP contribution >= 0.6 is 0 Å². The van der Waals surface area contributed by atoms with Gasteiger partial charge in [-0.2, -0.15) is 5.10 Å². The Morgan fingerprint density at radius 2 is 1.84 bits per heavy atom. The van der Waals surface area contributed by atoms with Gasteiger partial charge in [-0.25, -0.2) is 4.68 Å². The van der Waals surface area contributed by atoms with Crippen molar-refractivity contribution in [3.8, 4) is 22.7 Å². The van der Waals surface area contributed by atoms with Gasteiger partial charge in [0, 0.05) is 31.7 Å². The molecule has 1 amide bonds. The van der Waals surface area contributed by atoms with Crippen molar-refractivity contribution in [1.29, 1.82) is 0 Å². The quantitative estimate of drug-likeness (QED) is 0.618. The molecule has 1 saturated heterocycles. The van der Waals surface area contributed by atoms with Gasteiger partial charge in [-0.15, -0.1) is 0 Å². The first kappa shape index (κ1) is 22.0. The van der Waals surface area contributed by atoms with Crippen LogP contribution in [0.15, 0.2) is 48.5 Å². The van der Waals surface area contributed by atoms with Crippen LogP contribution in [-0.2, 0) is 4.74 Å². The van der Waals surface area contributed by atoms with Crippen LogP contribution < -0.4 is 10.1 Å². The molecule has 2 aromatic carbocycles. The summed E-state index contributed by atoms with van der Waals surface area (Å²) < 4.78 is 12.4. The molecule has 0 atom stereocenters. The topological polar surface area (TPSA) is 68.6 Å². The fraction of sp³-hybridized carbons (Fsp3) is 0.360. The molecule has 1 N–H and O–H groups in total. The summed E-state index contributed by atoms with van der Waals surface area (Å²) in [5.74, 6) is 0.648. The first-order valence-electron chi connectivity index (χ1n) is 11.0. The van der Waals surface area contributed by atoms with E-state index >= 15 is 0 Å². The molecule has 1 aromatic heterocycles. The Hall–Kier alpha value is -3.16. The van der Waals surface area contributed by atoms with Crippen molar-refractivity contribution in [2.24, 2.45) is 0 Å². The van der Waals surface area contributed by atoms with Gasteiger partial charge in [-0.3, -0.25) is 9.69 Å². The lowest BCUT2D eigenvalue weighted by Crippen LogP contribution is -2.41. The van der Waals surface area contributed by atoms with E-state index in [-0.39, 0.29) is 5.91 Å². The van der Waals surface area contributed by atoms with Crippen molar-refractivity contribution in [3.05, 3.63) is 65.4 Å². The summed E-state index contributed by atoms with van der Waals surface area (Å²) in [6.45, 7) is 8.75. The average molecular weight is 435 g/mol. The van der Waals surface area contributed by atoms with Gasteiger partial charge in [0.25, 0.3) is 5.91 Å². The van der Waals surface area contributed by atoms with Crippen molar-refractivity contribution in [1.82, 2.24) is 20.0 Å². The molecule has 0 saturated carbocycles. The molecule has 0 bridgehead atoms. The van der Waals surface area contributed by atoms with Crippen molar-refractivity contribution in [2.45, 2.75) is 13.8 Å². The van der Waals surface area contributed by atoms with E-state index in [1.807, 2.05) is 44.2 Å². The number of amides is 1. The second-order valence-electron chi connectivity index (χ2n) is 8.05. The van der Waals surface area contributed by atoms with Gasteiger partial charge in [0.2, 0.25) is 0 Å². The predicted molar refractivity (Wildman–Crippen MR) is 125 cm³/mol. The van der Waals surface area contributed by atoms with Gasteiger partial charge >= 0.3 is 0 Å². The van der Waals surface area contributed by atoms with Crippen LogP contribution in [0.5, 0.6) is 5.75 Å². The SMILES string of the molecule is COc1ccc(-c2cc(C(=O)NCCN3CCOCC3)n(-c3cc(C)ccc3C)n2)cc1. The van der Waals surface area contributed by atoms with Crippen molar-refractivity contribution in [2.75, 3.05) is 46.5 Å². The number of hydrogen-bond acceptors (Lipinski definition) is 5. The number of hydrogen-bond donors (Lipinski definition) is 1. The van der Waals surface area contributed by atoms with E-state index in [2.05, 4.69) is 28.4 Å². The summed E-state index contributed by atoms with van der Waals surface area (Å²) in [7, 11) is 1.64. The molecule has 3 aromatic rings. The Morgan fingerprint density at radius 1 is 1.09 bits per heavy atom. The Bertz CT molecular complexity index is 1070. The third-order valence-corrected chi connectivity index (χ3v) is 5.74. The largest absolute Gasteiger partial charge is 0.497 e. The Kier molecular flexibility index (Phi) is 6.87. The van der Waals surface area contributed by atoms with Gasteiger partial charge < -0.3 is 14.8 Å². The van der Waals surface area contributed by atoms with Gasteiger partial charge in [0.05, 0.1) is 31.7 Å². The molecular weight excluding hydrogens is 404 g/mol. The van der Waals surface area contributed by atoms with Crippen molar-refractivity contribution < 1.29 is 14.3 Å². The van der Waals surface area contributed by atoms with Crippen LogP contribution in [0.3, 0.4) is 0 Å². The number of aromatic nitrogens is 2. The maximum atomic E-state index is 13.2. The van der Waals surface area contributed by atoms with Gasteiger partial charge in [0.15, 0.2) is 0 Å². The lowest BCUT2D eigenvalue weighted by Gasteiger charge is -2.26. The maximum Gasteiger partial charge on any atom is 0.270 e. The van der Waals surface area contributed by atoms with Crippen LogP contribution in [0.4, 0.5) is 0 Å². The summed E-state index contributed by atoms with van der Waals surface area (Å²) in [6, 6.07) is 15.7. The summed E-state index contributed by atoms with van der Waals surface area (Å²) in [5, 5.41) is 7.89. The number of morpholine rings is 1. The fourth-order valence-corrected chi connectivity index (χ4v) is 3.82. The number of methoxy groups -OCH3 is 1. The summed E-state index contributed by atoms with van der Waals surface area (Å²) in [6.07, 6.45) is 0. The lowest BCUT2D eigenvalue weighted by atomic mass is 10.1. The first-order valence-corrected chi connectivity index (χ1v) is 11.0. The molecule has 0 aliphatic carbocycles. The highest BCUT2D eigenvalue weighted by Gasteiger charge is 2.19. The number of nitrogens with zero attached hydrogens (tertiary/aromatic N) is 3. The molecule has 1 aliphatic heterocycles. The molecule has 0 spiro atoms. The Morgan fingerprint density at radius 3 is 2.56 bits per heavy atom. The number of aryl methyl sites for hydroxylation is 2. The van der Waals surface area contributed by atoms with Crippen LogP contribution in [0, 0.1) is 13.8 Å². The van der Waals surface area contributed by atoms with Crippen LogP contribution in [0.2, 0.25) is 0 Å². The first-order chi connectivity index (χ1) is 15.5. The highest BCUT2D eigenvalue weighted by molar-refractivity contribution is 5.94. The molecule has 4 rings (SSSR count). The average Bonchev–Trinajstić information content (AvgIpc) is 3.27. The lowest BCUT2D eigenvalue weighted by molar-refractivity contribution is 0.0383. The predicted octanol–water partition coefficient (Wildman–Crippen LogP) is 3.23. The van der Waals surface area contributed by atoms with Gasteiger partial charge in [0.1, 0.15) is 11.4 Å². The van der Waals surface area contributed by atoms with E-state index in [4.69, 9.17) is 14.6 Å². The number of ether oxygens (including phenoxy) is 2.